The molecule has 1 aromatic carbocycles. The average Bonchev–Trinajstić information content (AvgIpc) is 2.83. The van der Waals surface area contributed by atoms with Crippen LogP contribution >= 0.6 is 0 Å². The normalized spacial score (nSPS) is 10.3. The van der Waals surface area contributed by atoms with Crippen molar-refractivity contribution in [1.82, 2.24) is 15.5 Å². The number of aliphatic hydroxyl groups excluding tert-OH is 1. The van der Waals surface area contributed by atoms with E-state index in [0.29, 0.717) is 5.69 Å². The summed E-state index contributed by atoms with van der Waals surface area (Å²) in [5.41, 5.74) is 1.26. The summed E-state index contributed by atoms with van der Waals surface area (Å²) in [4.78, 5) is 22.7. The first-order chi connectivity index (χ1) is 8.70. The summed E-state index contributed by atoms with van der Waals surface area (Å²) < 4.78 is 0. The van der Waals surface area contributed by atoms with Gasteiger partial charge in [0.25, 0.3) is 0 Å². The van der Waals surface area contributed by atoms with Crippen LogP contribution in [0.1, 0.15) is 0 Å². The van der Waals surface area contributed by atoms with E-state index < -0.39 is 11.8 Å². The van der Waals surface area contributed by atoms with Gasteiger partial charge >= 0.3 is 11.8 Å². The monoisotopic (exact) mass is 248 g/mol. The highest BCUT2D eigenvalue weighted by molar-refractivity contribution is 6.39. The molecule has 2 amide bonds. The number of H-pyrrole nitrogens is 1. The van der Waals surface area contributed by atoms with Gasteiger partial charge in [0, 0.05) is 17.6 Å². The van der Waals surface area contributed by atoms with E-state index in [-0.39, 0.29) is 13.2 Å². The van der Waals surface area contributed by atoms with E-state index >= 15 is 0 Å². The van der Waals surface area contributed by atoms with Gasteiger partial charge in [0.2, 0.25) is 0 Å². The van der Waals surface area contributed by atoms with Gasteiger partial charge in [-0.05, 0) is 18.2 Å². The van der Waals surface area contributed by atoms with Crippen LogP contribution in [0.5, 0.6) is 0 Å². The maximum Gasteiger partial charge on any atom is 0.313 e. The van der Waals surface area contributed by atoms with Crippen LogP contribution in [0.4, 0.5) is 5.69 Å². The summed E-state index contributed by atoms with van der Waals surface area (Å²) in [6.07, 6.45) is 1.66. The number of benzene rings is 1. The molecule has 0 saturated carbocycles. The molecule has 0 aliphatic carbocycles. The molecule has 0 spiro atoms. The van der Waals surface area contributed by atoms with E-state index in [1.165, 1.54) is 0 Å². The van der Waals surface area contributed by atoms with Crippen LogP contribution in [0.2, 0.25) is 0 Å². The third-order valence-corrected chi connectivity index (χ3v) is 2.30. The highest BCUT2D eigenvalue weighted by Gasteiger charge is 2.12. The van der Waals surface area contributed by atoms with Crippen LogP contribution in [-0.4, -0.2) is 40.3 Å². The van der Waals surface area contributed by atoms with Crippen LogP contribution in [0.25, 0.3) is 10.9 Å². The van der Waals surface area contributed by atoms with Crippen molar-refractivity contribution in [1.29, 1.82) is 0 Å². The van der Waals surface area contributed by atoms with Gasteiger partial charge in [-0.2, -0.15) is 5.10 Å². The Kier molecular flexibility index (Phi) is 3.54. The number of anilines is 1. The second-order valence-corrected chi connectivity index (χ2v) is 3.61. The molecule has 18 heavy (non-hydrogen) atoms. The number of amides is 2. The molecular weight excluding hydrogens is 236 g/mol. The van der Waals surface area contributed by atoms with Gasteiger partial charge in [-0.1, -0.05) is 0 Å². The Hall–Kier alpha value is -2.41. The standard InChI is InChI=1S/C11H12N4O3/c16-4-3-12-10(17)11(18)14-8-2-1-7-6-13-15-9(7)5-8/h1-2,5-6,16H,3-4H2,(H,12,17)(H,13,15)(H,14,18). The number of carbonyl (C=O) groups is 2. The van der Waals surface area contributed by atoms with Crippen molar-refractivity contribution < 1.29 is 14.7 Å². The summed E-state index contributed by atoms with van der Waals surface area (Å²) in [6.45, 7) is -0.162. The Morgan fingerprint density at radius 1 is 1.33 bits per heavy atom. The number of hydrogen-bond donors (Lipinski definition) is 4. The van der Waals surface area contributed by atoms with Crippen LogP contribution in [0, 0.1) is 0 Å². The molecule has 0 atom stereocenters. The molecule has 2 aromatic rings. The number of rotatable bonds is 3. The number of aliphatic hydroxyl groups is 1. The first-order valence-corrected chi connectivity index (χ1v) is 5.34. The van der Waals surface area contributed by atoms with Crippen LogP contribution in [0.3, 0.4) is 0 Å². The first-order valence-electron chi connectivity index (χ1n) is 5.34. The average molecular weight is 248 g/mol. The fourth-order valence-electron chi connectivity index (χ4n) is 1.45. The predicted octanol–water partition coefficient (Wildman–Crippen LogP) is -0.390. The molecule has 94 valence electrons. The van der Waals surface area contributed by atoms with Gasteiger partial charge in [-0.25, -0.2) is 0 Å². The van der Waals surface area contributed by atoms with Gasteiger partial charge in [-0.15, -0.1) is 0 Å². The molecule has 0 saturated heterocycles. The number of nitrogens with one attached hydrogen (secondary N) is 3. The van der Waals surface area contributed by atoms with E-state index in [1.54, 1.807) is 24.4 Å². The van der Waals surface area contributed by atoms with Crippen molar-refractivity contribution in [3.8, 4) is 0 Å². The highest BCUT2D eigenvalue weighted by Crippen LogP contribution is 2.16. The quantitative estimate of drug-likeness (QED) is 0.555. The topological polar surface area (TPSA) is 107 Å². The number of hydrogen-bond acceptors (Lipinski definition) is 4. The van der Waals surface area contributed by atoms with Gasteiger partial charge in [0.15, 0.2) is 0 Å². The van der Waals surface area contributed by atoms with Crippen molar-refractivity contribution >= 4 is 28.4 Å². The molecule has 4 N–H and O–H groups in total. The van der Waals surface area contributed by atoms with Crippen molar-refractivity contribution in [2.45, 2.75) is 0 Å². The lowest BCUT2D eigenvalue weighted by Crippen LogP contribution is -2.36. The first kappa shape index (κ1) is 12.1. The minimum absolute atomic E-state index is 0.0475. The fourth-order valence-corrected chi connectivity index (χ4v) is 1.45. The van der Waals surface area contributed by atoms with Crippen LogP contribution in [0.15, 0.2) is 24.4 Å². The summed E-state index contributed by atoms with van der Waals surface area (Å²) in [5.74, 6) is -1.56. The minimum Gasteiger partial charge on any atom is -0.395 e. The second-order valence-electron chi connectivity index (χ2n) is 3.61. The third kappa shape index (κ3) is 2.64. The Morgan fingerprint density at radius 2 is 2.17 bits per heavy atom. The molecule has 2 rings (SSSR count). The number of nitrogens with zero attached hydrogens (tertiary/aromatic N) is 1. The van der Waals surface area contributed by atoms with Crippen molar-refractivity contribution in [2.24, 2.45) is 0 Å². The molecule has 0 unspecified atom stereocenters. The maximum absolute atomic E-state index is 11.5. The number of fused-ring (bicyclic) bond motifs is 1. The Labute approximate surface area is 102 Å². The second kappa shape index (κ2) is 5.28. The van der Waals surface area contributed by atoms with E-state index in [1.807, 2.05) is 0 Å². The fraction of sp³-hybridized carbons (Fsp3) is 0.182. The van der Waals surface area contributed by atoms with Crippen molar-refractivity contribution in [2.75, 3.05) is 18.5 Å². The SMILES string of the molecule is O=C(NCCO)C(=O)Nc1ccc2cn[nH]c2c1. The van der Waals surface area contributed by atoms with Gasteiger partial charge < -0.3 is 15.7 Å². The molecule has 0 radical (unpaired) electrons. The molecule has 1 aromatic heterocycles. The van der Waals surface area contributed by atoms with Crippen LogP contribution < -0.4 is 10.6 Å². The van der Waals surface area contributed by atoms with E-state index in [2.05, 4.69) is 20.8 Å². The molecule has 0 bridgehead atoms. The van der Waals surface area contributed by atoms with E-state index in [0.717, 1.165) is 10.9 Å². The lowest BCUT2D eigenvalue weighted by atomic mass is 10.2. The summed E-state index contributed by atoms with van der Waals surface area (Å²) in [5, 5.41) is 20.8. The molecule has 0 fully saturated rings. The lowest BCUT2D eigenvalue weighted by molar-refractivity contribution is -0.136. The summed E-state index contributed by atoms with van der Waals surface area (Å²) in [6, 6.07) is 5.13. The molecule has 0 aliphatic rings. The lowest BCUT2D eigenvalue weighted by Gasteiger charge is -2.05. The smallest absolute Gasteiger partial charge is 0.313 e. The zero-order valence-corrected chi connectivity index (χ0v) is 9.43. The largest absolute Gasteiger partial charge is 0.395 e. The third-order valence-electron chi connectivity index (χ3n) is 2.30. The number of aromatic nitrogens is 2. The van der Waals surface area contributed by atoms with E-state index in [9.17, 15) is 9.59 Å². The molecule has 7 nitrogen and oxygen atoms in total. The highest BCUT2D eigenvalue weighted by atomic mass is 16.3. The Morgan fingerprint density at radius 3 is 2.94 bits per heavy atom. The van der Waals surface area contributed by atoms with Gasteiger partial charge in [0.1, 0.15) is 0 Å². The van der Waals surface area contributed by atoms with Gasteiger partial charge in [0.05, 0.1) is 18.3 Å². The summed E-state index contributed by atoms with van der Waals surface area (Å²) >= 11 is 0. The van der Waals surface area contributed by atoms with Gasteiger partial charge in [-0.3, -0.25) is 14.7 Å². The minimum atomic E-state index is -0.784. The predicted molar refractivity (Wildman–Crippen MR) is 64.8 cm³/mol. The number of aromatic amines is 1. The van der Waals surface area contributed by atoms with Crippen molar-refractivity contribution in [3.63, 3.8) is 0 Å². The van der Waals surface area contributed by atoms with Crippen molar-refractivity contribution in [3.05, 3.63) is 24.4 Å². The number of carbonyl (C=O) groups excluding carboxylic acids is 2. The van der Waals surface area contributed by atoms with E-state index in [4.69, 9.17) is 5.11 Å². The zero-order valence-electron chi connectivity index (χ0n) is 9.43. The zero-order chi connectivity index (χ0) is 13.0. The Bertz CT molecular complexity index is 578. The molecular formula is C11H12N4O3. The van der Waals surface area contributed by atoms with Crippen LogP contribution in [-0.2, 0) is 9.59 Å². The summed E-state index contributed by atoms with van der Waals surface area (Å²) in [7, 11) is 0. The molecule has 0 aliphatic heterocycles. The molecule has 7 heteroatoms. The Balaban J connectivity index is 2.04. The maximum atomic E-state index is 11.5. The molecule has 1 heterocycles.